The number of nitrogens with zero attached hydrogens (tertiary/aromatic N) is 1. The smallest absolute Gasteiger partial charge is 0.153 e. The lowest BCUT2D eigenvalue weighted by Gasteiger charge is -2.15. The van der Waals surface area contributed by atoms with Crippen molar-refractivity contribution in [2.45, 2.75) is 20.8 Å². The zero-order valence-corrected chi connectivity index (χ0v) is 12.6. The average molecular weight is 287 g/mol. The summed E-state index contributed by atoms with van der Waals surface area (Å²) in [5.74, 6) is 2.13. The number of hydrogen-bond donors (Lipinski definition) is 2. The first-order chi connectivity index (χ1) is 10.1. The van der Waals surface area contributed by atoms with Crippen LogP contribution in [0.5, 0.6) is 11.5 Å². The molecule has 1 heterocycles. The molecule has 1 aromatic heterocycles. The molecule has 0 saturated heterocycles. The highest BCUT2D eigenvalue weighted by atomic mass is 16.5. The minimum Gasteiger partial charge on any atom is -0.494 e. The Morgan fingerprint density at radius 2 is 1.86 bits per heavy atom. The second kappa shape index (κ2) is 6.83. The molecule has 0 spiro atoms. The summed E-state index contributed by atoms with van der Waals surface area (Å²) in [5, 5.41) is 3.22. The monoisotopic (exact) mass is 287 g/mol. The molecule has 0 unspecified atom stereocenters. The Morgan fingerprint density at radius 1 is 1.10 bits per heavy atom. The van der Waals surface area contributed by atoms with Crippen LogP contribution in [0.25, 0.3) is 0 Å². The summed E-state index contributed by atoms with van der Waals surface area (Å²) in [6.07, 6.45) is 0. The van der Waals surface area contributed by atoms with Gasteiger partial charge in [-0.1, -0.05) is 0 Å². The number of pyridine rings is 1. The summed E-state index contributed by atoms with van der Waals surface area (Å²) in [4.78, 5) is 4.41. The van der Waals surface area contributed by atoms with Gasteiger partial charge in [-0.15, -0.1) is 0 Å². The summed E-state index contributed by atoms with van der Waals surface area (Å²) in [6.45, 7) is 7.01. The van der Waals surface area contributed by atoms with Crippen molar-refractivity contribution in [1.82, 2.24) is 4.98 Å². The minimum absolute atomic E-state index is 0.583. The lowest BCUT2D eigenvalue weighted by molar-refractivity contribution is 0.332. The second-order valence-electron chi connectivity index (χ2n) is 4.54. The molecule has 0 amide bonds. The van der Waals surface area contributed by atoms with E-state index < -0.39 is 0 Å². The van der Waals surface area contributed by atoms with E-state index in [-0.39, 0.29) is 0 Å². The first-order valence-corrected chi connectivity index (χ1v) is 7.03. The number of rotatable bonds is 6. The van der Waals surface area contributed by atoms with Gasteiger partial charge in [0.15, 0.2) is 5.82 Å². The number of aromatic nitrogens is 1. The van der Waals surface area contributed by atoms with Crippen molar-refractivity contribution in [2.75, 3.05) is 24.3 Å². The molecule has 1 aromatic carbocycles. The molecule has 2 rings (SSSR count). The Labute approximate surface area is 125 Å². The number of aryl methyl sites for hydroxylation is 1. The van der Waals surface area contributed by atoms with E-state index in [1.165, 1.54) is 0 Å². The van der Waals surface area contributed by atoms with Gasteiger partial charge in [0.2, 0.25) is 0 Å². The SMILES string of the molecule is CCOc1ccc(OCC)c(Nc2nc(C)ccc2N)c1. The van der Waals surface area contributed by atoms with Crippen molar-refractivity contribution in [3.8, 4) is 11.5 Å². The van der Waals surface area contributed by atoms with Crippen molar-refractivity contribution in [3.63, 3.8) is 0 Å². The zero-order chi connectivity index (χ0) is 15.2. The standard InChI is InChI=1S/C16H21N3O2/c1-4-20-12-7-9-15(21-5-2)14(10-12)19-16-13(17)8-6-11(3)18-16/h6-10H,4-5,17H2,1-3H3,(H,18,19). The highest BCUT2D eigenvalue weighted by Gasteiger charge is 2.09. The number of nitrogens with one attached hydrogen (secondary N) is 1. The molecule has 0 atom stereocenters. The molecule has 0 radical (unpaired) electrons. The summed E-state index contributed by atoms with van der Waals surface area (Å²) >= 11 is 0. The molecule has 2 aromatic rings. The Balaban J connectivity index is 2.35. The van der Waals surface area contributed by atoms with Crippen LogP contribution in [0.3, 0.4) is 0 Å². The normalized spacial score (nSPS) is 10.2. The van der Waals surface area contributed by atoms with Crippen molar-refractivity contribution >= 4 is 17.2 Å². The highest BCUT2D eigenvalue weighted by Crippen LogP contribution is 2.33. The van der Waals surface area contributed by atoms with Gasteiger partial charge in [0.25, 0.3) is 0 Å². The van der Waals surface area contributed by atoms with Gasteiger partial charge in [-0.25, -0.2) is 4.98 Å². The number of ether oxygens (including phenoxy) is 2. The molecule has 5 heteroatoms. The van der Waals surface area contributed by atoms with Crippen molar-refractivity contribution in [1.29, 1.82) is 0 Å². The van der Waals surface area contributed by atoms with Crippen molar-refractivity contribution in [2.24, 2.45) is 0 Å². The fourth-order valence-electron chi connectivity index (χ4n) is 1.94. The highest BCUT2D eigenvalue weighted by molar-refractivity contribution is 5.73. The Bertz CT molecular complexity index is 614. The van der Waals surface area contributed by atoms with Gasteiger partial charge in [0.1, 0.15) is 11.5 Å². The molecule has 0 saturated carbocycles. The lowest BCUT2D eigenvalue weighted by atomic mass is 10.2. The number of benzene rings is 1. The molecule has 0 aliphatic carbocycles. The summed E-state index contributed by atoms with van der Waals surface area (Å²) in [6, 6.07) is 9.35. The van der Waals surface area contributed by atoms with Crippen molar-refractivity contribution < 1.29 is 9.47 Å². The Morgan fingerprint density at radius 3 is 2.57 bits per heavy atom. The maximum atomic E-state index is 5.96. The molecule has 0 fully saturated rings. The summed E-state index contributed by atoms with van der Waals surface area (Å²) in [5.41, 5.74) is 8.23. The predicted octanol–water partition coefficient (Wildman–Crippen LogP) is 3.51. The van der Waals surface area contributed by atoms with E-state index >= 15 is 0 Å². The fraction of sp³-hybridized carbons (Fsp3) is 0.312. The molecular weight excluding hydrogens is 266 g/mol. The first-order valence-electron chi connectivity index (χ1n) is 7.03. The maximum absolute atomic E-state index is 5.96. The fourth-order valence-corrected chi connectivity index (χ4v) is 1.94. The van der Waals surface area contributed by atoms with E-state index in [0.29, 0.717) is 24.7 Å². The van der Waals surface area contributed by atoms with Crippen LogP contribution in [0.15, 0.2) is 30.3 Å². The van der Waals surface area contributed by atoms with Gasteiger partial charge >= 0.3 is 0 Å². The molecule has 112 valence electrons. The van der Waals surface area contributed by atoms with E-state index in [1.54, 1.807) is 0 Å². The summed E-state index contributed by atoms with van der Waals surface area (Å²) < 4.78 is 11.1. The summed E-state index contributed by atoms with van der Waals surface area (Å²) in [7, 11) is 0. The average Bonchev–Trinajstić information content (AvgIpc) is 2.46. The molecule has 0 bridgehead atoms. The van der Waals surface area contributed by atoms with E-state index in [1.807, 2.05) is 51.1 Å². The molecular formula is C16H21N3O2. The second-order valence-corrected chi connectivity index (χ2v) is 4.54. The molecule has 3 N–H and O–H groups in total. The molecule has 5 nitrogen and oxygen atoms in total. The van der Waals surface area contributed by atoms with E-state index in [0.717, 1.165) is 22.9 Å². The van der Waals surface area contributed by atoms with Crippen LogP contribution in [-0.4, -0.2) is 18.2 Å². The van der Waals surface area contributed by atoms with Gasteiger partial charge in [0, 0.05) is 11.8 Å². The van der Waals surface area contributed by atoms with Crippen LogP contribution in [0.1, 0.15) is 19.5 Å². The Kier molecular flexibility index (Phi) is 4.87. The zero-order valence-electron chi connectivity index (χ0n) is 12.6. The third kappa shape index (κ3) is 3.78. The predicted molar refractivity (Wildman–Crippen MR) is 85.4 cm³/mol. The van der Waals surface area contributed by atoms with E-state index in [4.69, 9.17) is 15.2 Å². The van der Waals surface area contributed by atoms with Gasteiger partial charge < -0.3 is 20.5 Å². The van der Waals surface area contributed by atoms with Crippen LogP contribution in [0, 0.1) is 6.92 Å². The van der Waals surface area contributed by atoms with Gasteiger partial charge in [-0.2, -0.15) is 0 Å². The third-order valence-electron chi connectivity index (χ3n) is 2.88. The minimum atomic E-state index is 0.583. The van der Waals surface area contributed by atoms with Crippen LogP contribution >= 0.6 is 0 Å². The number of anilines is 3. The van der Waals surface area contributed by atoms with E-state index in [2.05, 4.69) is 10.3 Å². The van der Waals surface area contributed by atoms with Crippen LogP contribution in [0.4, 0.5) is 17.2 Å². The first kappa shape index (κ1) is 15.0. The quantitative estimate of drug-likeness (QED) is 0.850. The van der Waals surface area contributed by atoms with Gasteiger partial charge in [0.05, 0.1) is 24.6 Å². The van der Waals surface area contributed by atoms with Crippen molar-refractivity contribution in [3.05, 3.63) is 36.0 Å². The topological polar surface area (TPSA) is 69.4 Å². The maximum Gasteiger partial charge on any atom is 0.153 e. The number of nitrogens with two attached hydrogens (primary N) is 1. The number of hydrogen-bond acceptors (Lipinski definition) is 5. The van der Waals surface area contributed by atoms with Crippen LogP contribution in [0.2, 0.25) is 0 Å². The van der Waals surface area contributed by atoms with Gasteiger partial charge in [-0.05, 0) is 45.0 Å². The van der Waals surface area contributed by atoms with E-state index in [9.17, 15) is 0 Å². The van der Waals surface area contributed by atoms with Crippen LogP contribution in [-0.2, 0) is 0 Å². The lowest BCUT2D eigenvalue weighted by Crippen LogP contribution is -2.03. The Hall–Kier alpha value is -2.43. The molecule has 0 aliphatic rings. The van der Waals surface area contributed by atoms with Gasteiger partial charge in [-0.3, -0.25) is 0 Å². The largest absolute Gasteiger partial charge is 0.494 e. The molecule has 21 heavy (non-hydrogen) atoms. The third-order valence-corrected chi connectivity index (χ3v) is 2.88. The van der Waals surface area contributed by atoms with Crippen LogP contribution < -0.4 is 20.5 Å². The number of nitrogen functional groups attached to an aromatic ring is 1. The molecule has 0 aliphatic heterocycles.